The molecule has 2 amide bonds. The van der Waals surface area contributed by atoms with Gasteiger partial charge in [-0.2, -0.15) is 0 Å². The molecule has 1 aliphatic rings. The van der Waals surface area contributed by atoms with E-state index in [9.17, 15) is 9.59 Å². The molecule has 1 heterocycles. The Labute approximate surface area is 160 Å². The average molecular weight is 366 g/mol. The highest BCUT2D eigenvalue weighted by Gasteiger charge is 2.24. The molecular weight excluding hydrogens is 340 g/mol. The summed E-state index contributed by atoms with van der Waals surface area (Å²) in [6.07, 6.45) is 1.91. The number of carbonyl (C=O) groups is 2. The van der Waals surface area contributed by atoms with Crippen LogP contribution in [0.3, 0.4) is 0 Å². The van der Waals surface area contributed by atoms with Gasteiger partial charge in [0.25, 0.3) is 5.91 Å². The zero-order valence-corrected chi connectivity index (χ0v) is 16.1. The molecule has 0 aliphatic carbocycles. The molecule has 0 saturated carbocycles. The summed E-state index contributed by atoms with van der Waals surface area (Å²) >= 11 is 0. The van der Waals surface area contributed by atoms with Crippen LogP contribution in [-0.4, -0.2) is 25.0 Å². The van der Waals surface area contributed by atoms with E-state index in [1.54, 1.807) is 0 Å². The molecule has 2 aromatic rings. The first-order valence-electron chi connectivity index (χ1n) is 9.37. The van der Waals surface area contributed by atoms with Crippen LogP contribution in [0.2, 0.25) is 0 Å². The zero-order valence-electron chi connectivity index (χ0n) is 16.1. The molecule has 5 nitrogen and oxygen atoms in total. The molecule has 142 valence electrons. The molecule has 1 N–H and O–H groups in total. The van der Waals surface area contributed by atoms with Crippen LogP contribution in [-0.2, 0) is 16.0 Å². The molecule has 0 bridgehead atoms. The lowest BCUT2D eigenvalue weighted by atomic mass is 9.99. The first-order valence-corrected chi connectivity index (χ1v) is 9.37. The minimum atomic E-state index is -0.228. The lowest BCUT2D eigenvalue weighted by molar-refractivity contribution is -0.121. The fraction of sp³-hybridized carbons (Fsp3) is 0.364. The molecule has 0 aromatic heterocycles. The molecule has 0 saturated heterocycles. The Balaban J connectivity index is 1.68. The van der Waals surface area contributed by atoms with E-state index in [1.165, 1.54) is 0 Å². The zero-order chi connectivity index (χ0) is 19.4. The predicted octanol–water partition coefficient (Wildman–Crippen LogP) is 3.95. The largest absolute Gasteiger partial charge is 0.484 e. The fourth-order valence-electron chi connectivity index (χ4n) is 3.24. The van der Waals surface area contributed by atoms with Crippen LogP contribution in [0.4, 0.5) is 11.4 Å². The van der Waals surface area contributed by atoms with Gasteiger partial charge in [-0.3, -0.25) is 9.59 Å². The smallest absolute Gasteiger partial charge is 0.262 e. The van der Waals surface area contributed by atoms with Crippen LogP contribution in [0.25, 0.3) is 0 Å². The van der Waals surface area contributed by atoms with E-state index >= 15 is 0 Å². The predicted molar refractivity (Wildman–Crippen MR) is 107 cm³/mol. The van der Waals surface area contributed by atoms with Crippen molar-refractivity contribution < 1.29 is 14.3 Å². The summed E-state index contributed by atoms with van der Waals surface area (Å²) in [7, 11) is 0. The van der Waals surface area contributed by atoms with Crippen molar-refractivity contribution in [2.24, 2.45) is 5.92 Å². The summed E-state index contributed by atoms with van der Waals surface area (Å²) in [4.78, 5) is 26.6. The monoisotopic (exact) mass is 366 g/mol. The van der Waals surface area contributed by atoms with Gasteiger partial charge < -0.3 is 15.0 Å². The first-order chi connectivity index (χ1) is 12.9. The SMILES string of the molecule is Cc1cccc(OCC(=O)Nc2ccc3c(c2)N(C(=O)C(C)C)CCC3)c1. The summed E-state index contributed by atoms with van der Waals surface area (Å²) in [5.41, 5.74) is 3.80. The third-order valence-corrected chi connectivity index (χ3v) is 4.61. The molecule has 0 spiro atoms. The van der Waals surface area contributed by atoms with Gasteiger partial charge in [-0.15, -0.1) is 0 Å². The minimum absolute atomic E-state index is 0.0584. The standard InChI is InChI=1S/C22H26N2O3/c1-15(2)22(26)24-11-5-7-17-9-10-18(13-20(17)24)23-21(25)14-27-19-8-4-6-16(3)12-19/h4,6,8-10,12-13,15H,5,7,11,14H2,1-3H3,(H,23,25). The first kappa shape index (κ1) is 19.0. The topological polar surface area (TPSA) is 58.6 Å². The average Bonchev–Trinajstić information content (AvgIpc) is 2.65. The number of hydrogen-bond acceptors (Lipinski definition) is 3. The number of benzene rings is 2. The number of hydrogen-bond donors (Lipinski definition) is 1. The molecule has 27 heavy (non-hydrogen) atoms. The molecule has 1 aliphatic heterocycles. The second-order valence-electron chi connectivity index (χ2n) is 7.24. The van der Waals surface area contributed by atoms with E-state index in [0.29, 0.717) is 11.4 Å². The molecule has 0 radical (unpaired) electrons. The van der Waals surface area contributed by atoms with E-state index in [0.717, 1.165) is 36.2 Å². The van der Waals surface area contributed by atoms with Gasteiger partial charge in [0, 0.05) is 23.8 Å². The maximum atomic E-state index is 12.5. The fourth-order valence-corrected chi connectivity index (χ4v) is 3.24. The third-order valence-electron chi connectivity index (χ3n) is 4.61. The maximum absolute atomic E-state index is 12.5. The second kappa shape index (κ2) is 8.25. The number of ether oxygens (including phenoxy) is 1. The Kier molecular flexibility index (Phi) is 5.79. The Morgan fingerprint density at radius 3 is 2.74 bits per heavy atom. The van der Waals surface area contributed by atoms with E-state index in [2.05, 4.69) is 5.32 Å². The number of rotatable bonds is 5. The van der Waals surface area contributed by atoms with Gasteiger partial charge in [0.05, 0.1) is 0 Å². The molecule has 0 unspecified atom stereocenters. The van der Waals surface area contributed by atoms with Crippen molar-refractivity contribution >= 4 is 23.2 Å². The van der Waals surface area contributed by atoms with Crippen LogP contribution < -0.4 is 15.0 Å². The number of amides is 2. The van der Waals surface area contributed by atoms with Crippen LogP contribution >= 0.6 is 0 Å². The number of aryl methyl sites for hydroxylation is 2. The van der Waals surface area contributed by atoms with Crippen LogP contribution in [0.15, 0.2) is 42.5 Å². The van der Waals surface area contributed by atoms with Crippen LogP contribution in [0.5, 0.6) is 5.75 Å². The van der Waals surface area contributed by atoms with Gasteiger partial charge in [0.15, 0.2) is 6.61 Å². The normalized spacial score (nSPS) is 13.3. The van der Waals surface area contributed by atoms with Crippen molar-refractivity contribution in [3.8, 4) is 5.75 Å². The lowest BCUT2D eigenvalue weighted by Crippen LogP contribution is -2.38. The highest BCUT2D eigenvalue weighted by molar-refractivity contribution is 5.98. The van der Waals surface area contributed by atoms with E-state index in [-0.39, 0.29) is 24.3 Å². The van der Waals surface area contributed by atoms with Gasteiger partial charge in [-0.25, -0.2) is 0 Å². The summed E-state index contributed by atoms with van der Waals surface area (Å²) in [5, 5.41) is 2.86. The van der Waals surface area contributed by atoms with Crippen LogP contribution in [0.1, 0.15) is 31.4 Å². The highest BCUT2D eigenvalue weighted by Crippen LogP contribution is 2.31. The molecule has 5 heteroatoms. The summed E-state index contributed by atoms with van der Waals surface area (Å²) in [6, 6.07) is 13.4. The van der Waals surface area contributed by atoms with Gasteiger partial charge in [-0.1, -0.05) is 32.0 Å². The highest BCUT2D eigenvalue weighted by atomic mass is 16.5. The summed E-state index contributed by atoms with van der Waals surface area (Å²) < 4.78 is 5.55. The second-order valence-corrected chi connectivity index (χ2v) is 7.24. The number of carbonyl (C=O) groups excluding carboxylic acids is 2. The molecular formula is C22H26N2O3. The summed E-state index contributed by atoms with van der Waals surface area (Å²) in [5.74, 6) is 0.498. The number of nitrogens with one attached hydrogen (secondary N) is 1. The van der Waals surface area contributed by atoms with Gasteiger partial charge in [-0.05, 0) is 55.2 Å². The van der Waals surface area contributed by atoms with Gasteiger partial charge in [0.2, 0.25) is 5.91 Å². The molecule has 3 rings (SSSR count). The quantitative estimate of drug-likeness (QED) is 0.872. The number of fused-ring (bicyclic) bond motifs is 1. The summed E-state index contributed by atoms with van der Waals surface area (Å²) in [6.45, 7) is 6.45. The van der Waals surface area contributed by atoms with Crippen molar-refractivity contribution in [3.63, 3.8) is 0 Å². The van der Waals surface area contributed by atoms with Crippen molar-refractivity contribution in [2.75, 3.05) is 23.4 Å². The van der Waals surface area contributed by atoms with Gasteiger partial charge >= 0.3 is 0 Å². The molecule has 2 aromatic carbocycles. The van der Waals surface area contributed by atoms with Crippen molar-refractivity contribution in [1.82, 2.24) is 0 Å². The van der Waals surface area contributed by atoms with Crippen molar-refractivity contribution in [2.45, 2.75) is 33.6 Å². The Bertz CT molecular complexity index is 845. The van der Waals surface area contributed by atoms with E-state index in [4.69, 9.17) is 4.74 Å². The number of anilines is 2. The van der Waals surface area contributed by atoms with Gasteiger partial charge in [0.1, 0.15) is 5.75 Å². The van der Waals surface area contributed by atoms with E-state index in [1.807, 2.05) is 68.1 Å². The lowest BCUT2D eigenvalue weighted by Gasteiger charge is -2.31. The van der Waals surface area contributed by atoms with Crippen LogP contribution in [0, 0.1) is 12.8 Å². The third kappa shape index (κ3) is 4.67. The maximum Gasteiger partial charge on any atom is 0.262 e. The van der Waals surface area contributed by atoms with E-state index < -0.39 is 0 Å². The number of nitrogens with zero attached hydrogens (tertiary/aromatic N) is 1. The van der Waals surface area contributed by atoms with Crippen molar-refractivity contribution in [3.05, 3.63) is 53.6 Å². The Morgan fingerprint density at radius 2 is 2.00 bits per heavy atom. The Hall–Kier alpha value is -2.82. The Morgan fingerprint density at radius 1 is 1.19 bits per heavy atom. The van der Waals surface area contributed by atoms with Crippen molar-refractivity contribution in [1.29, 1.82) is 0 Å². The molecule has 0 atom stereocenters. The minimum Gasteiger partial charge on any atom is -0.484 e. The molecule has 0 fully saturated rings.